The second kappa shape index (κ2) is 15.8. The number of rotatable bonds is 7. The van der Waals surface area contributed by atoms with E-state index in [2.05, 4.69) is 41.2 Å². The van der Waals surface area contributed by atoms with E-state index in [1.165, 1.54) is 31.5 Å². The van der Waals surface area contributed by atoms with Gasteiger partial charge in [0.05, 0.1) is 6.54 Å². The predicted octanol–water partition coefficient (Wildman–Crippen LogP) is 5.74. The highest BCUT2D eigenvalue weighted by Gasteiger charge is 2.27. The van der Waals surface area contributed by atoms with Gasteiger partial charge in [-0.15, -0.1) is 0 Å². The molecule has 10 heteroatoms. The van der Waals surface area contributed by atoms with Gasteiger partial charge in [0.2, 0.25) is 5.91 Å². The Morgan fingerprint density at radius 1 is 0.929 bits per heavy atom. The number of carbonyl (C=O) groups is 2. The van der Waals surface area contributed by atoms with Gasteiger partial charge < -0.3 is 24.9 Å². The van der Waals surface area contributed by atoms with Gasteiger partial charge in [-0.2, -0.15) is 0 Å². The summed E-state index contributed by atoms with van der Waals surface area (Å²) in [4.78, 5) is 38.3. The number of nitrogens with one attached hydrogen (secondary N) is 1. The summed E-state index contributed by atoms with van der Waals surface area (Å²) in [5.41, 5.74) is 3.41. The van der Waals surface area contributed by atoms with Crippen LogP contribution in [0.3, 0.4) is 0 Å². The molecule has 1 aromatic carbocycles. The van der Waals surface area contributed by atoms with E-state index in [4.69, 9.17) is 28.2 Å². The van der Waals surface area contributed by atoms with Gasteiger partial charge in [-0.1, -0.05) is 35.3 Å². The number of amides is 3. The van der Waals surface area contributed by atoms with Crippen molar-refractivity contribution >= 4 is 41.0 Å². The highest BCUT2D eigenvalue weighted by atomic mass is 35.5. The van der Waals surface area contributed by atoms with Gasteiger partial charge >= 0.3 is 6.03 Å². The molecule has 1 aromatic heterocycles. The van der Waals surface area contributed by atoms with E-state index >= 15 is 0 Å². The first-order chi connectivity index (χ1) is 20.2. The second-order valence-corrected chi connectivity index (χ2v) is 12.6. The van der Waals surface area contributed by atoms with E-state index in [0.717, 1.165) is 87.0 Å². The lowest BCUT2D eigenvalue weighted by Gasteiger charge is -2.34. The predicted molar refractivity (Wildman–Crippen MR) is 172 cm³/mol. The molecule has 5 rings (SSSR count). The van der Waals surface area contributed by atoms with Gasteiger partial charge in [0, 0.05) is 62.1 Å². The maximum Gasteiger partial charge on any atom is 0.317 e. The molecule has 3 fully saturated rings. The van der Waals surface area contributed by atoms with Crippen molar-refractivity contribution < 1.29 is 9.59 Å². The standard InChI is InChI=1S/C25H40N6O2.C7H6Cl2/c1-20-7-8-22(24(27-20)28(2)17-18-29-11-3-4-12-29)21-9-15-30(16-10-21)23(32)19-26-25(33)31-13-5-6-14-31;1-5-2-3-6(8)4-7(5)9/h7-8,21H,3-6,9-19H2,1-2H3,(H,26,33);2-4H,1H3. The third kappa shape index (κ3) is 9.22. The number of hydrogen-bond acceptors (Lipinski definition) is 5. The number of likely N-dealkylation sites (N-methyl/N-ethyl adjacent to an activating group) is 1. The molecule has 3 saturated heterocycles. The molecule has 3 aliphatic rings. The molecule has 0 radical (unpaired) electrons. The fourth-order valence-corrected chi connectivity index (χ4v) is 6.29. The molecule has 0 saturated carbocycles. The topological polar surface area (TPSA) is 72.0 Å². The molecule has 42 heavy (non-hydrogen) atoms. The zero-order valence-electron chi connectivity index (χ0n) is 25.4. The molecule has 0 spiro atoms. The molecule has 1 N–H and O–H groups in total. The van der Waals surface area contributed by atoms with Crippen molar-refractivity contribution in [1.82, 2.24) is 25.0 Å². The molecule has 4 heterocycles. The summed E-state index contributed by atoms with van der Waals surface area (Å²) in [6.45, 7) is 11.6. The largest absolute Gasteiger partial charge is 0.358 e. The maximum absolute atomic E-state index is 12.7. The minimum absolute atomic E-state index is 0.0194. The van der Waals surface area contributed by atoms with Crippen molar-refractivity contribution in [3.8, 4) is 0 Å². The van der Waals surface area contributed by atoms with Crippen LogP contribution in [0, 0.1) is 13.8 Å². The van der Waals surface area contributed by atoms with Crippen LogP contribution in [0.1, 0.15) is 61.3 Å². The Bertz CT molecular complexity index is 1190. The zero-order chi connectivity index (χ0) is 30.1. The summed E-state index contributed by atoms with van der Waals surface area (Å²) < 4.78 is 0. The van der Waals surface area contributed by atoms with E-state index in [9.17, 15) is 9.59 Å². The molecule has 230 valence electrons. The molecule has 0 bridgehead atoms. The minimum atomic E-state index is -0.108. The van der Waals surface area contributed by atoms with Crippen molar-refractivity contribution in [2.75, 3.05) is 70.9 Å². The lowest BCUT2D eigenvalue weighted by molar-refractivity contribution is -0.131. The number of likely N-dealkylation sites (tertiary alicyclic amines) is 3. The van der Waals surface area contributed by atoms with Gasteiger partial charge in [-0.3, -0.25) is 4.79 Å². The summed E-state index contributed by atoms with van der Waals surface area (Å²) in [7, 11) is 2.16. The van der Waals surface area contributed by atoms with Crippen LogP contribution in [0.2, 0.25) is 10.0 Å². The van der Waals surface area contributed by atoms with E-state index in [1.54, 1.807) is 11.0 Å². The maximum atomic E-state index is 12.7. The van der Waals surface area contributed by atoms with Crippen LogP contribution in [0.5, 0.6) is 0 Å². The average molecular weight is 618 g/mol. The number of nitrogens with zero attached hydrogens (tertiary/aromatic N) is 5. The monoisotopic (exact) mass is 616 g/mol. The number of aromatic nitrogens is 1. The number of pyridine rings is 1. The molecule has 3 amide bonds. The van der Waals surface area contributed by atoms with Crippen molar-refractivity contribution in [1.29, 1.82) is 0 Å². The molecule has 3 aliphatic heterocycles. The first kappa shape index (κ1) is 32.4. The molecule has 2 aromatic rings. The van der Waals surface area contributed by atoms with Crippen LogP contribution in [0.4, 0.5) is 10.6 Å². The zero-order valence-corrected chi connectivity index (χ0v) is 26.9. The highest BCUT2D eigenvalue weighted by Crippen LogP contribution is 2.33. The van der Waals surface area contributed by atoms with Crippen LogP contribution in [0.25, 0.3) is 0 Å². The van der Waals surface area contributed by atoms with Gasteiger partial charge in [0.25, 0.3) is 0 Å². The Morgan fingerprint density at radius 3 is 2.24 bits per heavy atom. The SMILES string of the molecule is Cc1ccc(C2CCN(C(=O)CNC(=O)N3CCCC3)CC2)c(N(C)CCN2CCCC2)n1.Cc1ccc(Cl)cc1Cl. The van der Waals surface area contributed by atoms with E-state index in [-0.39, 0.29) is 18.5 Å². The number of carbonyl (C=O) groups excluding carboxylic acids is 2. The van der Waals surface area contributed by atoms with Gasteiger partial charge in [-0.05, 0) is 101 Å². The molecular formula is C32H46Cl2N6O2. The highest BCUT2D eigenvalue weighted by molar-refractivity contribution is 6.35. The van der Waals surface area contributed by atoms with Crippen LogP contribution >= 0.6 is 23.2 Å². The van der Waals surface area contributed by atoms with Crippen LogP contribution in [-0.2, 0) is 4.79 Å². The first-order valence-corrected chi connectivity index (χ1v) is 16.1. The fourth-order valence-electron chi connectivity index (χ4n) is 5.88. The van der Waals surface area contributed by atoms with Crippen LogP contribution in [0.15, 0.2) is 30.3 Å². The smallest absolute Gasteiger partial charge is 0.317 e. The van der Waals surface area contributed by atoms with Crippen molar-refractivity contribution in [3.05, 3.63) is 57.2 Å². The average Bonchev–Trinajstić information content (AvgIpc) is 3.72. The first-order valence-electron chi connectivity index (χ1n) is 15.3. The molecule has 8 nitrogen and oxygen atoms in total. The van der Waals surface area contributed by atoms with E-state index in [1.807, 2.05) is 24.0 Å². The summed E-state index contributed by atoms with van der Waals surface area (Å²) in [5.74, 6) is 1.52. The number of urea groups is 1. The third-order valence-corrected chi connectivity index (χ3v) is 9.20. The lowest BCUT2D eigenvalue weighted by Crippen LogP contribution is -2.46. The van der Waals surface area contributed by atoms with Gasteiger partial charge in [-0.25, -0.2) is 9.78 Å². The van der Waals surface area contributed by atoms with E-state index in [0.29, 0.717) is 10.9 Å². The summed E-state index contributed by atoms with van der Waals surface area (Å²) >= 11 is 11.4. The lowest BCUT2D eigenvalue weighted by atomic mass is 9.89. The number of hydrogen-bond donors (Lipinski definition) is 1. The van der Waals surface area contributed by atoms with E-state index < -0.39 is 0 Å². The summed E-state index contributed by atoms with van der Waals surface area (Å²) in [6.07, 6.45) is 6.61. The fraction of sp³-hybridized carbons (Fsp3) is 0.594. The number of piperidine rings is 1. The Hall–Kier alpha value is -2.55. The number of benzene rings is 1. The van der Waals surface area contributed by atoms with Crippen LogP contribution in [-0.4, -0.2) is 97.6 Å². The third-order valence-electron chi connectivity index (χ3n) is 8.56. The van der Waals surface area contributed by atoms with Gasteiger partial charge in [0.15, 0.2) is 0 Å². The summed E-state index contributed by atoms with van der Waals surface area (Å²) in [6, 6.07) is 9.69. The molecule has 0 unspecified atom stereocenters. The van der Waals surface area contributed by atoms with Crippen molar-refractivity contribution in [3.63, 3.8) is 0 Å². The minimum Gasteiger partial charge on any atom is -0.358 e. The molecule has 0 aliphatic carbocycles. The Morgan fingerprint density at radius 2 is 1.60 bits per heavy atom. The Labute approximate surface area is 261 Å². The van der Waals surface area contributed by atoms with Gasteiger partial charge in [0.1, 0.15) is 5.82 Å². The van der Waals surface area contributed by atoms with Crippen molar-refractivity contribution in [2.45, 2.75) is 58.3 Å². The Kier molecular flexibility index (Phi) is 12.2. The number of anilines is 1. The Balaban J connectivity index is 0.000000385. The van der Waals surface area contributed by atoms with Crippen LogP contribution < -0.4 is 10.2 Å². The number of aryl methyl sites for hydroxylation is 2. The molecule has 0 atom stereocenters. The number of halogens is 2. The summed E-state index contributed by atoms with van der Waals surface area (Å²) in [5, 5.41) is 4.22. The quantitative estimate of drug-likeness (QED) is 0.430. The normalized spacial score (nSPS) is 17.6. The van der Waals surface area contributed by atoms with Crippen molar-refractivity contribution in [2.24, 2.45) is 0 Å². The second-order valence-electron chi connectivity index (χ2n) is 11.7. The molecular weight excluding hydrogens is 571 g/mol.